The Hall–Kier alpha value is -0.680. The molecule has 96 valence electrons. The SMILES string of the molecule is CC1CC(C(=O)NC2CCOC2C)(C(N)=S)C1. The van der Waals surface area contributed by atoms with Crippen molar-refractivity contribution in [2.24, 2.45) is 17.1 Å². The minimum absolute atomic E-state index is 0.00884. The van der Waals surface area contributed by atoms with Crippen molar-refractivity contribution in [1.29, 1.82) is 0 Å². The first-order valence-corrected chi connectivity index (χ1v) is 6.59. The molecule has 2 atom stereocenters. The lowest BCUT2D eigenvalue weighted by atomic mass is 9.62. The van der Waals surface area contributed by atoms with E-state index in [0.717, 1.165) is 19.3 Å². The second-order valence-electron chi connectivity index (χ2n) is 5.40. The molecule has 2 fully saturated rings. The van der Waals surface area contributed by atoms with E-state index < -0.39 is 5.41 Å². The van der Waals surface area contributed by atoms with Gasteiger partial charge in [-0.1, -0.05) is 19.1 Å². The molecule has 4 nitrogen and oxygen atoms in total. The minimum Gasteiger partial charge on any atom is -0.392 e. The molecule has 2 rings (SSSR count). The van der Waals surface area contributed by atoms with Gasteiger partial charge in [0.1, 0.15) is 0 Å². The van der Waals surface area contributed by atoms with Crippen molar-refractivity contribution in [1.82, 2.24) is 5.32 Å². The predicted octanol–water partition coefficient (Wildman–Crippen LogP) is 0.982. The zero-order valence-corrected chi connectivity index (χ0v) is 11.2. The molecule has 1 amide bonds. The maximum atomic E-state index is 12.3. The largest absolute Gasteiger partial charge is 0.392 e. The Kier molecular flexibility index (Phi) is 3.41. The molecule has 1 saturated carbocycles. The summed E-state index contributed by atoms with van der Waals surface area (Å²) in [5, 5.41) is 3.04. The summed E-state index contributed by atoms with van der Waals surface area (Å²) in [5.74, 6) is 0.518. The monoisotopic (exact) mass is 256 g/mol. The first-order valence-electron chi connectivity index (χ1n) is 6.18. The van der Waals surface area contributed by atoms with Crippen molar-refractivity contribution in [3.05, 3.63) is 0 Å². The Bertz CT molecular complexity index is 339. The molecule has 0 aromatic heterocycles. The van der Waals surface area contributed by atoms with Crippen LogP contribution in [0.3, 0.4) is 0 Å². The summed E-state index contributed by atoms with van der Waals surface area (Å²) in [6.07, 6.45) is 2.50. The van der Waals surface area contributed by atoms with E-state index in [0.29, 0.717) is 17.5 Å². The molecule has 0 aromatic rings. The van der Waals surface area contributed by atoms with E-state index in [1.807, 2.05) is 6.92 Å². The molecule has 0 radical (unpaired) electrons. The summed E-state index contributed by atoms with van der Waals surface area (Å²) < 4.78 is 5.43. The van der Waals surface area contributed by atoms with Crippen molar-refractivity contribution in [2.75, 3.05) is 6.61 Å². The van der Waals surface area contributed by atoms with E-state index in [-0.39, 0.29) is 18.1 Å². The number of ether oxygens (including phenoxy) is 1. The first-order chi connectivity index (χ1) is 7.95. The molecule has 1 saturated heterocycles. The Balaban J connectivity index is 2.01. The number of hydrogen-bond donors (Lipinski definition) is 2. The number of nitrogens with two attached hydrogens (primary N) is 1. The van der Waals surface area contributed by atoms with Crippen molar-refractivity contribution in [3.63, 3.8) is 0 Å². The van der Waals surface area contributed by atoms with E-state index in [9.17, 15) is 4.79 Å². The number of nitrogens with one attached hydrogen (secondary N) is 1. The third-order valence-corrected chi connectivity index (χ3v) is 4.38. The minimum atomic E-state index is -0.600. The number of amides is 1. The van der Waals surface area contributed by atoms with Crippen LogP contribution in [-0.4, -0.2) is 29.6 Å². The molecule has 17 heavy (non-hydrogen) atoms. The highest BCUT2D eigenvalue weighted by Crippen LogP contribution is 2.46. The highest BCUT2D eigenvalue weighted by Gasteiger charge is 2.51. The van der Waals surface area contributed by atoms with Gasteiger partial charge in [0, 0.05) is 6.61 Å². The lowest BCUT2D eigenvalue weighted by Crippen LogP contribution is -2.58. The van der Waals surface area contributed by atoms with Crippen LogP contribution in [0, 0.1) is 11.3 Å². The van der Waals surface area contributed by atoms with E-state index in [1.54, 1.807) is 0 Å². The topological polar surface area (TPSA) is 64.3 Å². The molecule has 1 aliphatic carbocycles. The average Bonchev–Trinajstić information content (AvgIpc) is 2.58. The van der Waals surface area contributed by atoms with Gasteiger partial charge in [0.05, 0.1) is 22.5 Å². The molecule has 2 unspecified atom stereocenters. The summed E-state index contributed by atoms with van der Waals surface area (Å²) in [5.41, 5.74) is 5.14. The van der Waals surface area contributed by atoms with Crippen LogP contribution in [0.4, 0.5) is 0 Å². The molecule has 1 aliphatic heterocycles. The van der Waals surface area contributed by atoms with Gasteiger partial charge < -0.3 is 15.8 Å². The van der Waals surface area contributed by atoms with Gasteiger partial charge in [-0.15, -0.1) is 0 Å². The summed E-state index contributed by atoms with van der Waals surface area (Å²) in [4.78, 5) is 12.6. The Labute approximate surface area is 107 Å². The number of carbonyl (C=O) groups is 1. The Morgan fingerprint density at radius 2 is 2.12 bits per heavy atom. The fourth-order valence-electron chi connectivity index (χ4n) is 2.86. The second kappa shape index (κ2) is 4.53. The number of rotatable bonds is 3. The van der Waals surface area contributed by atoms with Gasteiger partial charge >= 0.3 is 0 Å². The van der Waals surface area contributed by atoms with E-state index >= 15 is 0 Å². The van der Waals surface area contributed by atoms with Gasteiger partial charge in [-0.2, -0.15) is 0 Å². The molecule has 5 heteroatoms. The van der Waals surface area contributed by atoms with Gasteiger partial charge in [0.2, 0.25) is 5.91 Å². The lowest BCUT2D eigenvalue weighted by molar-refractivity contribution is -0.134. The van der Waals surface area contributed by atoms with Crippen molar-refractivity contribution in [2.45, 2.75) is 45.3 Å². The fraction of sp³-hybridized carbons (Fsp3) is 0.833. The highest BCUT2D eigenvalue weighted by atomic mass is 32.1. The van der Waals surface area contributed by atoms with Crippen molar-refractivity contribution < 1.29 is 9.53 Å². The van der Waals surface area contributed by atoms with Gasteiger partial charge in [-0.05, 0) is 32.1 Å². The van der Waals surface area contributed by atoms with E-state index in [2.05, 4.69) is 12.2 Å². The molecule has 0 aromatic carbocycles. The van der Waals surface area contributed by atoms with Gasteiger partial charge in [-0.3, -0.25) is 4.79 Å². The molecular formula is C12H20N2O2S. The average molecular weight is 256 g/mol. The number of thiocarbonyl (C=S) groups is 1. The zero-order chi connectivity index (χ0) is 12.6. The van der Waals surface area contributed by atoms with Crippen LogP contribution in [0.1, 0.15) is 33.1 Å². The Morgan fingerprint density at radius 3 is 2.53 bits per heavy atom. The van der Waals surface area contributed by atoms with Crippen molar-refractivity contribution >= 4 is 23.1 Å². The van der Waals surface area contributed by atoms with E-state index in [1.165, 1.54) is 0 Å². The normalized spacial score (nSPS) is 40.7. The molecule has 0 bridgehead atoms. The maximum absolute atomic E-state index is 12.3. The van der Waals surface area contributed by atoms with Crippen LogP contribution in [0.15, 0.2) is 0 Å². The van der Waals surface area contributed by atoms with Gasteiger partial charge in [0.15, 0.2) is 0 Å². The van der Waals surface area contributed by atoms with Crippen LogP contribution in [0.5, 0.6) is 0 Å². The second-order valence-corrected chi connectivity index (χ2v) is 5.84. The van der Waals surface area contributed by atoms with Crippen LogP contribution in [0.2, 0.25) is 0 Å². The quantitative estimate of drug-likeness (QED) is 0.739. The van der Waals surface area contributed by atoms with Gasteiger partial charge in [0.25, 0.3) is 0 Å². The van der Waals surface area contributed by atoms with Crippen LogP contribution >= 0.6 is 12.2 Å². The fourth-order valence-corrected chi connectivity index (χ4v) is 3.12. The summed E-state index contributed by atoms with van der Waals surface area (Å²) in [6.45, 7) is 4.81. The molecule has 1 heterocycles. The standard InChI is InChI=1S/C12H20N2O2S/c1-7-5-12(6-7,10(13)17)11(15)14-9-3-4-16-8(9)2/h7-9H,3-6H2,1-2H3,(H2,13,17)(H,14,15). The molecule has 0 spiro atoms. The molecular weight excluding hydrogens is 236 g/mol. The smallest absolute Gasteiger partial charge is 0.233 e. The summed E-state index contributed by atoms with van der Waals surface area (Å²) in [6, 6.07) is 0.102. The van der Waals surface area contributed by atoms with Crippen LogP contribution in [0.25, 0.3) is 0 Å². The maximum Gasteiger partial charge on any atom is 0.233 e. The predicted molar refractivity (Wildman–Crippen MR) is 69.6 cm³/mol. The third-order valence-electron chi connectivity index (χ3n) is 3.99. The van der Waals surface area contributed by atoms with Crippen molar-refractivity contribution in [3.8, 4) is 0 Å². The number of hydrogen-bond acceptors (Lipinski definition) is 3. The van der Waals surface area contributed by atoms with Crippen LogP contribution < -0.4 is 11.1 Å². The third kappa shape index (κ3) is 2.18. The summed E-state index contributed by atoms with van der Waals surface area (Å²) in [7, 11) is 0. The Morgan fingerprint density at radius 1 is 1.47 bits per heavy atom. The lowest BCUT2D eigenvalue weighted by Gasteiger charge is -2.44. The number of carbonyl (C=O) groups excluding carboxylic acids is 1. The highest BCUT2D eigenvalue weighted by molar-refractivity contribution is 7.80. The van der Waals surface area contributed by atoms with Gasteiger partial charge in [-0.25, -0.2) is 0 Å². The first kappa shape index (κ1) is 12.8. The zero-order valence-electron chi connectivity index (χ0n) is 10.4. The van der Waals surface area contributed by atoms with E-state index in [4.69, 9.17) is 22.7 Å². The summed E-state index contributed by atoms with van der Waals surface area (Å²) >= 11 is 5.07. The molecule has 3 N–H and O–H groups in total. The van der Waals surface area contributed by atoms with Crippen LogP contribution in [-0.2, 0) is 9.53 Å². The molecule has 2 aliphatic rings.